The largest absolute Gasteiger partial charge is 0.497 e. The molecule has 1 fully saturated rings. The van der Waals surface area contributed by atoms with Gasteiger partial charge in [0.1, 0.15) is 5.75 Å². The lowest BCUT2D eigenvalue weighted by molar-refractivity contribution is 0.0793. The molecule has 1 saturated heterocycles. The number of ether oxygens (including phenoxy) is 1. The zero-order valence-electron chi connectivity index (χ0n) is 15.8. The van der Waals surface area contributed by atoms with Crippen molar-refractivity contribution >= 4 is 17.5 Å². The molecule has 0 atom stereocenters. The minimum atomic E-state index is 0.0805. The molecule has 0 aliphatic carbocycles. The van der Waals surface area contributed by atoms with Crippen molar-refractivity contribution < 1.29 is 9.53 Å². The maximum atomic E-state index is 12.6. The van der Waals surface area contributed by atoms with Gasteiger partial charge >= 0.3 is 0 Å². The van der Waals surface area contributed by atoms with Crippen molar-refractivity contribution in [2.24, 2.45) is 0 Å². The molecule has 28 heavy (non-hydrogen) atoms. The number of hydrogen-bond donors (Lipinski definition) is 1. The zero-order valence-corrected chi connectivity index (χ0v) is 15.8. The van der Waals surface area contributed by atoms with Gasteiger partial charge in [-0.05, 0) is 48.7 Å². The average Bonchev–Trinajstić information content (AvgIpc) is 3.29. The van der Waals surface area contributed by atoms with E-state index >= 15 is 0 Å². The van der Waals surface area contributed by atoms with Gasteiger partial charge in [0, 0.05) is 42.3 Å². The Labute approximate surface area is 164 Å². The topological polar surface area (TPSA) is 67.3 Å². The third kappa shape index (κ3) is 3.96. The van der Waals surface area contributed by atoms with Crippen LogP contribution >= 0.6 is 0 Å². The van der Waals surface area contributed by atoms with Crippen molar-refractivity contribution in [2.75, 3.05) is 25.5 Å². The molecule has 0 bridgehead atoms. The van der Waals surface area contributed by atoms with Crippen LogP contribution in [0.1, 0.15) is 23.2 Å². The van der Waals surface area contributed by atoms with Crippen molar-refractivity contribution in [3.8, 4) is 16.9 Å². The van der Waals surface area contributed by atoms with Crippen LogP contribution in [0.2, 0.25) is 0 Å². The van der Waals surface area contributed by atoms with Crippen LogP contribution in [0.4, 0.5) is 11.6 Å². The van der Waals surface area contributed by atoms with Gasteiger partial charge in [0.15, 0.2) is 0 Å². The van der Waals surface area contributed by atoms with Crippen molar-refractivity contribution in [2.45, 2.75) is 12.8 Å². The fraction of sp³-hybridized carbons (Fsp3) is 0.227. The minimum absolute atomic E-state index is 0.0805. The zero-order chi connectivity index (χ0) is 19.3. The van der Waals surface area contributed by atoms with Crippen LogP contribution in [0.25, 0.3) is 11.1 Å². The highest BCUT2D eigenvalue weighted by atomic mass is 16.5. The molecular formula is C22H22N4O2. The van der Waals surface area contributed by atoms with E-state index in [0.717, 1.165) is 48.5 Å². The van der Waals surface area contributed by atoms with Crippen molar-refractivity contribution in [3.05, 3.63) is 66.5 Å². The Kier molecular flexibility index (Phi) is 5.19. The number of methoxy groups -OCH3 is 1. The molecule has 1 aliphatic rings. The molecule has 2 aromatic carbocycles. The minimum Gasteiger partial charge on any atom is -0.497 e. The first-order valence-corrected chi connectivity index (χ1v) is 9.36. The van der Waals surface area contributed by atoms with Gasteiger partial charge in [0.2, 0.25) is 5.95 Å². The summed E-state index contributed by atoms with van der Waals surface area (Å²) in [4.78, 5) is 23.3. The first-order chi connectivity index (χ1) is 13.7. The predicted molar refractivity (Wildman–Crippen MR) is 109 cm³/mol. The van der Waals surface area contributed by atoms with Crippen molar-refractivity contribution in [3.63, 3.8) is 0 Å². The summed E-state index contributed by atoms with van der Waals surface area (Å²) in [6.07, 6.45) is 5.71. The fourth-order valence-corrected chi connectivity index (χ4v) is 3.29. The Balaban J connectivity index is 1.46. The highest BCUT2D eigenvalue weighted by molar-refractivity contribution is 5.95. The van der Waals surface area contributed by atoms with Crippen LogP contribution < -0.4 is 10.1 Å². The highest BCUT2D eigenvalue weighted by Gasteiger charge is 2.19. The molecule has 0 saturated carbocycles. The lowest BCUT2D eigenvalue weighted by Crippen LogP contribution is -2.27. The summed E-state index contributed by atoms with van der Waals surface area (Å²) in [5.41, 5.74) is 3.42. The Morgan fingerprint density at radius 1 is 1.00 bits per heavy atom. The lowest BCUT2D eigenvalue weighted by atomic mass is 10.1. The normalized spacial score (nSPS) is 13.4. The Morgan fingerprint density at radius 2 is 1.71 bits per heavy atom. The summed E-state index contributed by atoms with van der Waals surface area (Å²) in [5.74, 6) is 1.38. The number of anilines is 2. The maximum Gasteiger partial charge on any atom is 0.253 e. The molecule has 0 spiro atoms. The van der Waals surface area contributed by atoms with Crippen molar-refractivity contribution in [1.29, 1.82) is 0 Å². The SMILES string of the molecule is COc1ccc(-c2cnc(Nc3cccc(C(=O)N4CCCC4)c3)nc2)cc1. The molecule has 6 nitrogen and oxygen atoms in total. The molecular weight excluding hydrogens is 352 g/mol. The monoisotopic (exact) mass is 374 g/mol. The quantitative estimate of drug-likeness (QED) is 0.727. The number of aromatic nitrogens is 2. The second kappa shape index (κ2) is 8.08. The number of carbonyl (C=O) groups excluding carboxylic acids is 1. The van der Waals surface area contributed by atoms with Gasteiger partial charge in [0.25, 0.3) is 5.91 Å². The Hall–Kier alpha value is -3.41. The van der Waals surface area contributed by atoms with E-state index in [9.17, 15) is 4.79 Å². The summed E-state index contributed by atoms with van der Waals surface area (Å²) >= 11 is 0. The maximum absolute atomic E-state index is 12.6. The molecule has 6 heteroatoms. The van der Waals surface area contributed by atoms with Gasteiger partial charge in [-0.25, -0.2) is 9.97 Å². The molecule has 142 valence electrons. The van der Waals surface area contributed by atoms with Crippen LogP contribution in [0.15, 0.2) is 60.9 Å². The van der Waals surface area contributed by atoms with E-state index < -0.39 is 0 Å². The van der Waals surface area contributed by atoms with E-state index in [4.69, 9.17) is 4.74 Å². The van der Waals surface area contributed by atoms with E-state index in [0.29, 0.717) is 11.5 Å². The third-order valence-corrected chi connectivity index (χ3v) is 4.83. The van der Waals surface area contributed by atoms with Gasteiger partial charge < -0.3 is 15.0 Å². The number of carbonyl (C=O) groups is 1. The van der Waals surface area contributed by atoms with Gasteiger partial charge in [-0.15, -0.1) is 0 Å². The molecule has 3 aromatic rings. The van der Waals surface area contributed by atoms with E-state index in [2.05, 4.69) is 15.3 Å². The third-order valence-electron chi connectivity index (χ3n) is 4.83. The van der Waals surface area contributed by atoms with Gasteiger partial charge in [0.05, 0.1) is 7.11 Å². The summed E-state index contributed by atoms with van der Waals surface area (Å²) in [6.45, 7) is 1.68. The molecule has 4 rings (SSSR count). The summed E-state index contributed by atoms with van der Waals surface area (Å²) in [5, 5.41) is 3.17. The molecule has 1 aromatic heterocycles. The summed E-state index contributed by atoms with van der Waals surface area (Å²) in [7, 11) is 1.65. The first-order valence-electron chi connectivity index (χ1n) is 9.36. The Morgan fingerprint density at radius 3 is 2.39 bits per heavy atom. The number of benzene rings is 2. The van der Waals surface area contributed by atoms with E-state index in [1.54, 1.807) is 19.5 Å². The van der Waals surface area contributed by atoms with Crippen LogP contribution in [0, 0.1) is 0 Å². The number of likely N-dealkylation sites (tertiary alicyclic amines) is 1. The molecule has 2 heterocycles. The molecule has 1 N–H and O–H groups in total. The first kappa shape index (κ1) is 18.0. The van der Waals surface area contributed by atoms with E-state index in [1.807, 2.05) is 53.4 Å². The van der Waals surface area contributed by atoms with Crippen LogP contribution in [0.3, 0.4) is 0 Å². The van der Waals surface area contributed by atoms with Gasteiger partial charge in [-0.3, -0.25) is 4.79 Å². The Bertz CT molecular complexity index is 949. The van der Waals surface area contributed by atoms with Gasteiger partial charge in [-0.2, -0.15) is 0 Å². The molecule has 1 aliphatic heterocycles. The van der Waals surface area contributed by atoms with Crippen molar-refractivity contribution in [1.82, 2.24) is 14.9 Å². The average molecular weight is 374 g/mol. The second-order valence-electron chi connectivity index (χ2n) is 6.73. The van der Waals surface area contributed by atoms with E-state index in [1.165, 1.54) is 0 Å². The second-order valence-corrected chi connectivity index (χ2v) is 6.73. The van der Waals surface area contributed by atoms with Crippen LogP contribution in [-0.2, 0) is 0 Å². The predicted octanol–water partition coefficient (Wildman–Crippen LogP) is 4.13. The highest BCUT2D eigenvalue weighted by Crippen LogP contribution is 2.23. The summed E-state index contributed by atoms with van der Waals surface area (Å²) in [6, 6.07) is 15.2. The van der Waals surface area contributed by atoms with E-state index in [-0.39, 0.29) is 5.91 Å². The number of nitrogens with zero attached hydrogens (tertiary/aromatic N) is 3. The molecule has 1 amide bonds. The number of amides is 1. The lowest BCUT2D eigenvalue weighted by Gasteiger charge is -2.15. The number of nitrogens with one attached hydrogen (secondary N) is 1. The standard InChI is InChI=1S/C22H22N4O2/c1-28-20-9-7-16(8-10-20)18-14-23-22(24-15-18)25-19-6-4-5-17(13-19)21(27)26-11-2-3-12-26/h4-10,13-15H,2-3,11-12H2,1H3,(H,23,24,25). The number of hydrogen-bond acceptors (Lipinski definition) is 5. The smallest absolute Gasteiger partial charge is 0.253 e. The van der Waals surface area contributed by atoms with Gasteiger partial charge in [-0.1, -0.05) is 18.2 Å². The fourth-order valence-electron chi connectivity index (χ4n) is 3.29. The van der Waals surface area contributed by atoms with Crippen LogP contribution in [-0.4, -0.2) is 41.0 Å². The number of rotatable bonds is 5. The summed E-state index contributed by atoms with van der Waals surface area (Å²) < 4.78 is 5.18. The molecule has 0 unspecified atom stereocenters. The molecule has 0 radical (unpaired) electrons. The van der Waals surface area contributed by atoms with Crippen LogP contribution in [0.5, 0.6) is 5.75 Å².